The number of aryl methyl sites for hydroxylation is 2. The van der Waals surface area contributed by atoms with Gasteiger partial charge in [-0.25, -0.2) is 0 Å². The molecule has 0 aliphatic carbocycles. The van der Waals surface area contributed by atoms with E-state index >= 15 is 0 Å². The van der Waals surface area contributed by atoms with E-state index in [9.17, 15) is 9.59 Å². The van der Waals surface area contributed by atoms with E-state index in [1.807, 2.05) is 26.0 Å². The lowest BCUT2D eigenvalue weighted by Gasteiger charge is -1.95. The van der Waals surface area contributed by atoms with Gasteiger partial charge >= 0.3 is 0 Å². The van der Waals surface area contributed by atoms with Crippen molar-refractivity contribution in [2.45, 2.75) is 13.8 Å². The Morgan fingerprint density at radius 3 is 1.52 bits per heavy atom. The summed E-state index contributed by atoms with van der Waals surface area (Å²) in [4.78, 5) is 27.9. The van der Waals surface area contributed by atoms with Crippen LogP contribution in [0.25, 0.3) is 19.5 Å². The van der Waals surface area contributed by atoms with Gasteiger partial charge in [-0.3, -0.25) is 9.59 Å². The van der Waals surface area contributed by atoms with Crippen LogP contribution in [0.4, 0.5) is 0 Å². The second-order valence-corrected chi connectivity index (χ2v) is 7.97. The molecule has 106 valence electrons. The molecule has 0 saturated heterocycles. The molecule has 0 N–H and O–H groups in total. The van der Waals surface area contributed by atoms with Crippen LogP contribution in [-0.2, 0) is 0 Å². The third-order valence-electron chi connectivity index (χ3n) is 3.16. The summed E-state index contributed by atoms with van der Waals surface area (Å²) in [5.41, 5.74) is 2.26. The molecule has 0 atom stereocenters. The smallest absolute Gasteiger partial charge is 0.160 e. The van der Waals surface area contributed by atoms with Gasteiger partial charge in [0.25, 0.3) is 0 Å². The van der Waals surface area contributed by atoms with Crippen molar-refractivity contribution in [2.75, 3.05) is 0 Å². The highest BCUT2D eigenvalue weighted by atomic mass is 32.1. The van der Waals surface area contributed by atoms with Gasteiger partial charge in [-0.05, 0) is 49.2 Å². The predicted molar refractivity (Wildman–Crippen MR) is 91.2 cm³/mol. The molecule has 0 bridgehead atoms. The zero-order valence-corrected chi connectivity index (χ0v) is 14.0. The fourth-order valence-corrected chi connectivity index (χ4v) is 5.53. The van der Waals surface area contributed by atoms with Crippen molar-refractivity contribution in [2.24, 2.45) is 0 Å². The molecule has 3 heterocycles. The van der Waals surface area contributed by atoms with Crippen molar-refractivity contribution >= 4 is 46.6 Å². The standard InChI is InChI=1S/C16H12O2S3/c1-9-5-11(7-17)19-15(9)13-3-4-14(21-13)16-10(2)6-12(8-18)20-16/h3-8H,1-2H3. The minimum Gasteiger partial charge on any atom is -0.297 e. The van der Waals surface area contributed by atoms with Crippen LogP contribution in [0.3, 0.4) is 0 Å². The van der Waals surface area contributed by atoms with Crippen LogP contribution in [0.5, 0.6) is 0 Å². The van der Waals surface area contributed by atoms with Gasteiger partial charge in [0, 0.05) is 19.5 Å². The lowest BCUT2D eigenvalue weighted by Crippen LogP contribution is -1.68. The van der Waals surface area contributed by atoms with E-state index in [1.165, 1.54) is 32.4 Å². The molecule has 0 radical (unpaired) electrons. The number of aldehydes is 2. The SMILES string of the molecule is Cc1cc(C=O)sc1-c1ccc(-c2sc(C=O)cc2C)s1. The van der Waals surface area contributed by atoms with Crippen LogP contribution in [0.1, 0.15) is 30.5 Å². The van der Waals surface area contributed by atoms with E-state index in [0.29, 0.717) is 0 Å². The lowest BCUT2D eigenvalue weighted by molar-refractivity contribution is 0.111. The highest BCUT2D eigenvalue weighted by Crippen LogP contribution is 2.42. The zero-order chi connectivity index (χ0) is 15.0. The first-order valence-electron chi connectivity index (χ1n) is 6.34. The van der Waals surface area contributed by atoms with Gasteiger partial charge in [-0.1, -0.05) is 0 Å². The Labute approximate surface area is 134 Å². The Kier molecular flexibility index (Phi) is 3.89. The maximum atomic E-state index is 10.9. The van der Waals surface area contributed by atoms with Crippen molar-refractivity contribution in [3.8, 4) is 19.5 Å². The lowest BCUT2D eigenvalue weighted by atomic mass is 10.2. The van der Waals surface area contributed by atoms with Gasteiger partial charge in [0.2, 0.25) is 0 Å². The number of thiophene rings is 3. The molecule has 0 amide bonds. The summed E-state index contributed by atoms with van der Waals surface area (Å²) in [6.07, 6.45) is 1.80. The molecule has 0 unspecified atom stereocenters. The first-order valence-corrected chi connectivity index (χ1v) is 8.79. The second kappa shape index (κ2) is 5.67. The van der Waals surface area contributed by atoms with Crippen molar-refractivity contribution < 1.29 is 9.59 Å². The van der Waals surface area contributed by atoms with E-state index in [0.717, 1.165) is 43.2 Å². The van der Waals surface area contributed by atoms with Crippen LogP contribution in [0, 0.1) is 13.8 Å². The molecule has 5 heteroatoms. The summed E-state index contributed by atoms with van der Waals surface area (Å²) in [6, 6.07) is 8.03. The molecule has 2 nitrogen and oxygen atoms in total. The average Bonchev–Trinajstić information content (AvgIpc) is 3.16. The quantitative estimate of drug-likeness (QED) is 0.596. The van der Waals surface area contributed by atoms with Crippen LogP contribution >= 0.6 is 34.0 Å². The number of carbonyl (C=O) groups excluding carboxylic acids is 2. The molecule has 0 aliphatic heterocycles. The number of hydrogen-bond donors (Lipinski definition) is 0. The van der Waals surface area contributed by atoms with E-state index in [1.54, 1.807) is 11.3 Å². The van der Waals surface area contributed by atoms with Crippen molar-refractivity contribution in [1.82, 2.24) is 0 Å². The van der Waals surface area contributed by atoms with Crippen molar-refractivity contribution in [3.63, 3.8) is 0 Å². The summed E-state index contributed by atoms with van der Waals surface area (Å²) in [6.45, 7) is 4.05. The van der Waals surface area contributed by atoms with E-state index in [2.05, 4.69) is 12.1 Å². The van der Waals surface area contributed by atoms with Crippen LogP contribution < -0.4 is 0 Å². The summed E-state index contributed by atoms with van der Waals surface area (Å²) < 4.78 is 0. The minimum absolute atomic E-state index is 0.757. The maximum absolute atomic E-state index is 10.9. The minimum atomic E-state index is 0.757. The first-order chi connectivity index (χ1) is 10.1. The Bertz CT molecular complexity index is 754. The van der Waals surface area contributed by atoms with Gasteiger partial charge in [0.15, 0.2) is 12.6 Å². The summed E-state index contributed by atoms with van der Waals surface area (Å²) in [7, 11) is 0. The largest absolute Gasteiger partial charge is 0.297 e. The summed E-state index contributed by atoms with van der Waals surface area (Å²) >= 11 is 4.75. The second-order valence-electron chi connectivity index (χ2n) is 4.72. The molecule has 3 aromatic rings. The fourth-order valence-electron chi connectivity index (χ4n) is 2.20. The molecular formula is C16H12O2S3. The van der Waals surface area contributed by atoms with E-state index in [4.69, 9.17) is 0 Å². The number of hydrogen-bond acceptors (Lipinski definition) is 5. The normalized spacial score (nSPS) is 10.8. The average molecular weight is 332 g/mol. The van der Waals surface area contributed by atoms with Gasteiger partial charge in [-0.2, -0.15) is 0 Å². The molecule has 0 fully saturated rings. The molecule has 3 aromatic heterocycles. The Morgan fingerprint density at radius 2 is 1.19 bits per heavy atom. The Balaban J connectivity index is 2.02. The Morgan fingerprint density at radius 1 is 0.762 bits per heavy atom. The predicted octanol–water partition coefficient (Wildman–Crippen LogP) is 5.45. The third-order valence-corrected chi connectivity index (χ3v) is 6.93. The van der Waals surface area contributed by atoms with E-state index in [-0.39, 0.29) is 0 Å². The third kappa shape index (κ3) is 2.64. The van der Waals surface area contributed by atoms with Gasteiger partial charge in [-0.15, -0.1) is 34.0 Å². The molecule has 3 rings (SSSR count). The number of carbonyl (C=O) groups is 2. The topological polar surface area (TPSA) is 34.1 Å². The molecule has 0 aromatic carbocycles. The van der Waals surface area contributed by atoms with Gasteiger partial charge < -0.3 is 0 Å². The molecular weight excluding hydrogens is 320 g/mol. The summed E-state index contributed by atoms with van der Waals surface area (Å²) in [5, 5.41) is 0. The maximum Gasteiger partial charge on any atom is 0.160 e. The summed E-state index contributed by atoms with van der Waals surface area (Å²) in [5.74, 6) is 0. The zero-order valence-electron chi connectivity index (χ0n) is 11.5. The highest BCUT2D eigenvalue weighted by Gasteiger charge is 2.14. The van der Waals surface area contributed by atoms with Gasteiger partial charge in [0.05, 0.1) is 9.75 Å². The molecule has 0 aliphatic rings. The monoisotopic (exact) mass is 332 g/mol. The van der Waals surface area contributed by atoms with Gasteiger partial charge in [0.1, 0.15) is 0 Å². The fraction of sp³-hybridized carbons (Fsp3) is 0.125. The molecule has 0 saturated carbocycles. The first kappa shape index (κ1) is 14.4. The molecule has 21 heavy (non-hydrogen) atoms. The van der Waals surface area contributed by atoms with Crippen LogP contribution in [0.2, 0.25) is 0 Å². The Hall–Kier alpha value is -1.56. The van der Waals surface area contributed by atoms with Crippen LogP contribution in [-0.4, -0.2) is 12.6 Å². The highest BCUT2D eigenvalue weighted by molar-refractivity contribution is 7.27. The van der Waals surface area contributed by atoms with Crippen molar-refractivity contribution in [3.05, 3.63) is 45.1 Å². The number of rotatable bonds is 4. The van der Waals surface area contributed by atoms with Crippen molar-refractivity contribution in [1.29, 1.82) is 0 Å². The van der Waals surface area contributed by atoms with E-state index < -0.39 is 0 Å². The molecule has 0 spiro atoms. The van der Waals surface area contributed by atoms with Crippen LogP contribution in [0.15, 0.2) is 24.3 Å².